The first-order valence-corrected chi connectivity index (χ1v) is 9.37. The SMILES string of the molecule is CCOc1cc(/C=N/NC(=O)C(=O)Nc2nnc(-c3ccccc3)s2)ccc1O. The minimum absolute atomic E-state index is 0.000609. The maximum absolute atomic E-state index is 12.0. The second-order valence-corrected chi connectivity index (χ2v) is 6.57. The molecule has 0 radical (unpaired) electrons. The summed E-state index contributed by atoms with van der Waals surface area (Å²) in [6.07, 6.45) is 1.32. The van der Waals surface area contributed by atoms with Crippen molar-refractivity contribution in [3.63, 3.8) is 0 Å². The Labute approximate surface area is 170 Å². The van der Waals surface area contributed by atoms with Crippen LogP contribution in [0.1, 0.15) is 12.5 Å². The number of phenols is 1. The number of rotatable bonds is 6. The second kappa shape index (κ2) is 9.42. The first-order chi connectivity index (χ1) is 14.1. The fourth-order valence-electron chi connectivity index (χ4n) is 2.22. The number of amides is 2. The molecule has 1 aromatic heterocycles. The summed E-state index contributed by atoms with van der Waals surface area (Å²) < 4.78 is 5.27. The summed E-state index contributed by atoms with van der Waals surface area (Å²) in [6, 6.07) is 13.9. The van der Waals surface area contributed by atoms with Crippen LogP contribution in [0.15, 0.2) is 53.6 Å². The summed E-state index contributed by atoms with van der Waals surface area (Å²) >= 11 is 1.15. The summed E-state index contributed by atoms with van der Waals surface area (Å²) in [4.78, 5) is 23.9. The third-order valence-corrected chi connectivity index (χ3v) is 4.42. The van der Waals surface area contributed by atoms with Crippen molar-refractivity contribution in [2.24, 2.45) is 5.10 Å². The normalized spacial score (nSPS) is 10.7. The minimum atomic E-state index is -0.957. The number of nitrogens with zero attached hydrogens (tertiary/aromatic N) is 3. The van der Waals surface area contributed by atoms with Crippen molar-refractivity contribution in [3.8, 4) is 22.1 Å². The standard InChI is InChI=1S/C19H17N5O4S/c1-2-28-15-10-12(8-9-14(15)25)11-20-22-17(27)16(26)21-19-24-23-18(29-19)13-6-4-3-5-7-13/h3-11,25H,2H2,1H3,(H,22,27)(H,21,24,26)/b20-11+. The fourth-order valence-corrected chi connectivity index (χ4v) is 2.97. The molecule has 0 unspecified atom stereocenters. The average molecular weight is 411 g/mol. The molecule has 0 aliphatic carbocycles. The lowest BCUT2D eigenvalue weighted by Gasteiger charge is -2.06. The maximum Gasteiger partial charge on any atom is 0.329 e. The third-order valence-electron chi connectivity index (χ3n) is 3.54. The number of phenolic OH excluding ortho intramolecular Hbond substituents is 1. The van der Waals surface area contributed by atoms with Gasteiger partial charge in [-0.15, -0.1) is 10.2 Å². The van der Waals surface area contributed by atoms with Gasteiger partial charge in [0.1, 0.15) is 5.01 Å². The summed E-state index contributed by atoms with van der Waals surface area (Å²) in [7, 11) is 0. The number of aromatic nitrogens is 2. The number of carbonyl (C=O) groups excluding carboxylic acids is 2. The molecule has 0 spiro atoms. The molecule has 2 amide bonds. The molecule has 0 atom stereocenters. The van der Waals surface area contributed by atoms with Crippen molar-refractivity contribution in [1.82, 2.24) is 15.6 Å². The lowest BCUT2D eigenvalue weighted by molar-refractivity contribution is -0.136. The highest BCUT2D eigenvalue weighted by atomic mass is 32.1. The number of hydrogen-bond acceptors (Lipinski definition) is 8. The molecule has 1 heterocycles. The lowest BCUT2D eigenvalue weighted by atomic mass is 10.2. The highest BCUT2D eigenvalue weighted by Gasteiger charge is 2.16. The van der Waals surface area contributed by atoms with E-state index in [0.29, 0.717) is 22.9 Å². The van der Waals surface area contributed by atoms with Gasteiger partial charge in [-0.2, -0.15) is 5.10 Å². The van der Waals surface area contributed by atoms with Crippen LogP contribution in [0.2, 0.25) is 0 Å². The molecule has 0 saturated carbocycles. The highest BCUT2D eigenvalue weighted by Crippen LogP contribution is 2.26. The van der Waals surface area contributed by atoms with Gasteiger partial charge in [0, 0.05) is 5.56 Å². The summed E-state index contributed by atoms with van der Waals surface area (Å²) in [5, 5.41) is 24.5. The monoisotopic (exact) mass is 411 g/mol. The van der Waals surface area contributed by atoms with Crippen molar-refractivity contribution in [3.05, 3.63) is 54.1 Å². The molecule has 3 rings (SSSR count). The van der Waals surface area contributed by atoms with E-state index in [2.05, 4.69) is 26.0 Å². The van der Waals surface area contributed by atoms with Gasteiger partial charge in [0.2, 0.25) is 5.13 Å². The molecule has 3 N–H and O–H groups in total. The van der Waals surface area contributed by atoms with E-state index >= 15 is 0 Å². The topological polar surface area (TPSA) is 126 Å². The van der Waals surface area contributed by atoms with Crippen LogP contribution in [0.3, 0.4) is 0 Å². The number of nitrogens with one attached hydrogen (secondary N) is 2. The molecule has 9 nitrogen and oxygen atoms in total. The van der Waals surface area contributed by atoms with Crippen LogP contribution in [0.25, 0.3) is 10.6 Å². The van der Waals surface area contributed by atoms with Crippen LogP contribution in [-0.2, 0) is 9.59 Å². The predicted molar refractivity (Wildman–Crippen MR) is 109 cm³/mol. The van der Waals surface area contributed by atoms with E-state index < -0.39 is 11.8 Å². The van der Waals surface area contributed by atoms with E-state index in [-0.39, 0.29) is 10.9 Å². The Balaban J connectivity index is 1.56. The van der Waals surface area contributed by atoms with Crippen LogP contribution >= 0.6 is 11.3 Å². The predicted octanol–water partition coefficient (Wildman–Crippen LogP) is 2.40. The summed E-state index contributed by atoms with van der Waals surface area (Å²) in [5.74, 6) is -1.58. The zero-order valence-corrected chi connectivity index (χ0v) is 16.1. The van der Waals surface area contributed by atoms with Gasteiger partial charge in [0.05, 0.1) is 12.8 Å². The smallest absolute Gasteiger partial charge is 0.329 e. The molecule has 10 heteroatoms. The quantitative estimate of drug-likeness (QED) is 0.325. The molecule has 3 aromatic rings. The van der Waals surface area contributed by atoms with E-state index in [4.69, 9.17) is 4.74 Å². The molecule has 0 bridgehead atoms. The molecular weight excluding hydrogens is 394 g/mol. The number of hydrazone groups is 1. The Hall–Kier alpha value is -3.79. The number of anilines is 1. The van der Waals surface area contributed by atoms with Gasteiger partial charge < -0.3 is 9.84 Å². The van der Waals surface area contributed by atoms with Crippen LogP contribution < -0.4 is 15.5 Å². The van der Waals surface area contributed by atoms with E-state index in [1.165, 1.54) is 12.3 Å². The molecule has 0 aliphatic rings. The van der Waals surface area contributed by atoms with Crippen LogP contribution in [0.5, 0.6) is 11.5 Å². The number of ether oxygens (including phenoxy) is 1. The molecule has 0 aliphatic heterocycles. The zero-order chi connectivity index (χ0) is 20.6. The maximum atomic E-state index is 12.0. The Morgan fingerprint density at radius 2 is 1.97 bits per heavy atom. The summed E-state index contributed by atoms with van der Waals surface area (Å²) in [6.45, 7) is 2.18. The van der Waals surface area contributed by atoms with Gasteiger partial charge in [0.25, 0.3) is 0 Å². The third kappa shape index (κ3) is 5.36. The largest absolute Gasteiger partial charge is 0.504 e. The average Bonchev–Trinajstić information content (AvgIpc) is 3.19. The number of carbonyl (C=O) groups is 2. The van der Waals surface area contributed by atoms with Crippen molar-refractivity contribution in [2.45, 2.75) is 6.92 Å². The number of aromatic hydroxyl groups is 1. The minimum Gasteiger partial charge on any atom is -0.504 e. The van der Waals surface area contributed by atoms with E-state index in [1.807, 2.05) is 30.3 Å². The van der Waals surface area contributed by atoms with Gasteiger partial charge in [-0.3, -0.25) is 14.9 Å². The van der Waals surface area contributed by atoms with Crippen molar-refractivity contribution in [2.75, 3.05) is 11.9 Å². The van der Waals surface area contributed by atoms with Gasteiger partial charge in [-0.1, -0.05) is 41.7 Å². The Morgan fingerprint density at radius 1 is 1.17 bits per heavy atom. The van der Waals surface area contributed by atoms with Crippen LogP contribution in [0.4, 0.5) is 5.13 Å². The first kappa shape index (κ1) is 20.0. The van der Waals surface area contributed by atoms with Crippen molar-refractivity contribution >= 4 is 34.5 Å². The zero-order valence-electron chi connectivity index (χ0n) is 15.3. The Kier molecular flexibility index (Phi) is 6.48. The van der Waals surface area contributed by atoms with Crippen molar-refractivity contribution in [1.29, 1.82) is 0 Å². The van der Waals surface area contributed by atoms with Gasteiger partial charge in [-0.25, -0.2) is 5.43 Å². The molecule has 0 saturated heterocycles. The second-order valence-electron chi connectivity index (χ2n) is 5.59. The van der Waals surface area contributed by atoms with Crippen LogP contribution in [-0.4, -0.2) is 39.9 Å². The highest BCUT2D eigenvalue weighted by molar-refractivity contribution is 7.18. The number of benzene rings is 2. The van der Waals surface area contributed by atoms with E-state index in [1.54, 1.807) is 19.1 Å². The van der Waals surface area contributed by atoms with Gasteiger partial charge >= 0.3 is 11.8 Å². The first-order valence-electron chi connectivity index (χ1n) is 8.56. The Bertz CT molecular complexity index is 1040. The molecule has 29 heavy (non-hydrogen) atoms. The van der Waals surface area contributed by atoms with E-state index in [0.717, 1.165) is 16.9 Å². The van der Waals surface area contributed by atoms with Gasteiger partial charge in [0.15, 0.2) is 11.5 Å². The molecule has 2 aromatic carbocycles. The molecule has 0 fully saturated rings. The van der Waals surface area contributed by atoms with Crippen LogP contribution in [0, 0.1) is 0 Å². The molecular formula is C19H17N5O4S. The summed E-state index contributed by atoms with van der Waals surface area (Å²) in [5.41, 5.74) is 3.56. The van der Waals surface area contributed by atoms with E-state index in [9.17, 15) is 14.7 Å². The van der Waals surface area contributed by atoms with Crippen molar-refractivity contribution < 1.29 is 19.4 Å². The Morgan fingerprint density at radius 3 is 2.72 bits per heavy atom. The van der Waals surface area contributed by atoms with Gasteiger partial charge in [-0.05, 0) is 30.7 Å². The molecule has 148 valence electrons. The lowest BCUT2D eigenvalue weighted by Crippen LogP contribution is -2.32. The fraction of sp³-hybridized carbons (Fsp3) is 0.105. The number of hydrogen-bond donors (Lipinski definition) is 3.